The highest BCUT2D eigenvalue weighted by atomic mass is 28.3. The summed E-state index contributed by atoms with van der Waals surface area (Å²) in [4.78, 5) is 0. The first-order valence-corrected chi connectivity index (χ1v) is 12.5. The Morgan fingerprint density at radius 2 is 1.00 bits per heavy atom. The van der Waals surface area contributed by atoms with Crippen molar-refractivity contribution in [3.8, 4) is 0 Å². The summed E-state index contributed by atoms with van der Waals surface area (Å²) in [5.41, 5.74) is 6.93. The molecule has 0 radical (unpaired) electrons. The quantitative estimate of drug-likeness (QED) is 0.417. The van der Waals surface area contributed by atoms with Crippen LogP contribution in [0.3, 0.4) is 0 Å². The third kappa shape index (κ3) is 3.45. The molecule has 0 saturated carbocycles. The Morgan fingerprint density at radius 1 is 0.586 bits per heavy atom. The Hall–Kier alpha value is -2.64. The van der Waals surface area contributed by atoms with E-state index in [4.69, 9.17) is 0 Å². The van der Waals surface area contributed by atoms with Gasteiger partial charge in [0, 0.05) is 0 Å². The Kier molecular flexibility index (Phi) is 5.18. The standard InChI is InChI=1S/C28H30Si/c1-20-9-6-12-25(16-20)29(26-13-7-10-21(2)17-26,27-14-8-11-22(3)18-27)28-19-23(4)15-24(28)5/h6-18H,19H2,1-5H3. The number of hydrogen-bond acceptors (Lipinski definition) is 0. The normalized spacial score (nSPS) is 14.3. The van der Waals surface area contributed by atoms with Gasteiger partial charge in [-0.1, -0.05) is 112 Å². The smallest absolute Gasteiger partial charge is 0.0694 e. The van der Waals surface area contributed by atoms with Gasteiger partial charge in [0.2, 0.25) is 0 Å². The van der Waals surface area contributed by atoms with E-state index in [-0.39, 0.29) is 0 Å². The van der Waals surface area contributed by atoms with Gasteiger partial charge in [-0.3, -0.25) is 0 Å². The predicted octanol–water partition coefficient (Wildman–Crippen LogP) is 5.29. The van der Waals surface area contributed by atoms with Crippen LogP contribution in [0.4, 0.5) is 0 Å². The lowest BCUT2D eigenvalue weighted by Gasteiger charge is -2.37. The first-order valence-electron chi connectivity index (χ1n) is 10.5. The molecule has 1 heteroatoms. The van der Waals surface area contributed by atoms with Crippen LogP contribution in [-0.4, -0.2) is 8.07 Å². The summed E-state index contributed by atoms with van der Waals surface area (Å²) in [6.07, 6.45) is 3.48. The molecule has 146 valence electrons. The molecule has 0 nitrogen and oxygen atoms in total. The van der Waals surface area contributed by atoms with Gasteiger partial charge in [0.05, 0.1) is 0 Å². The number of aryl methyl sites for hydroxylation is 3. The van der Waals surface area contributed by atoms with E-state index in [0.29, 0.717) is 0 Å². The number of allylic oxidation sites excluding steroid dienone is 4. The zero-order valence-corrected chi connectivity index (χ0v) is 19.2. The largest absolute Gasteiger partial charge is 0.176 e. The monoisotopic (exact) mass is 394 g/mol. The van der Waals surface area contributed by atoms with Crippen LogP contribution in [-0.2, 0) is 0 Å². The molecule has 0 fully saturated rings. The Labute approximate surface area is 176 Å². The van der Waals surface area contributed by atoms with Gasteiger partial charge >= 0.3 is 0 Å². The third-order valence-electron chi connectivity index (χ3n) is 6.20. The molecular formula is C28H30Si. The van der Waals surface area contributed by atoms with Crippen LogP contribution in [0.15, 0.2) is 95.2 Å². The molecule has 0 unspecified atom stereocenters. The minimum Gasteiger partial charge on any atom is -0.0694 e. The van der Waals surface area contributed by atoms with Gasteiger partial charge < -0.3 is 0 Å². The maximum Gasteiger partial charge on any atom is 0.176 e. The summed E-state index contributed by atoms with van der Waals surface area (Å²) in [5.74, 6) is 0. The molecule has 0 heterocycles. The average molecular weight is 395 g/mol. The summed E-state index contributed by atoms with van der Waals surface area (Å²) >= 11 is 0. The molecule has 0 saturated heterocycles. The zero-order valence-electron chi connectivity index (χ0n) is 18.2. The molecule has 0 aromatic heterocycles. The fourth-order valence-electron chi connectivity index (χ4n) is 5.01. The van der Waals surface area contributed by atoms with Gasteiger partial charge in [-0.25, -0.2) is 0 Å². The lowest BCUT2D eigenvalue weighted by molar-refractivity contribution is 1.21. The average Bonchev–Trinajstić information content (AvgIpc) is 3.01. The van der Waals surface area contributed by atoms with Gasteiger partial charge in [-0.05, 0) is 56.6 Å². The van der Waals surface area contributed by atoms with Crippen molar-refractivity contribution in [2.24, 2.45) is 0 Å². The minimum atomic E-state index is -2.36. The minimum absolute atomic E-state index is 1.08. The van der Waals surface area contributed by atoms with E-state index in [2.05, 4.69) is 113 Å². The van der Waals surface area contributed by atoms with Crippen molar-refractivity contribution in [1.29, 1.82) is 0 Å². The SMILES string of the molecule is CC1=CC(C)=C([Si](c2cccc(C)c2)(c2cccc(C)c2)c2cccc(C)c2)C1. The van der Waals surface area contributed by atoms with Crippen LogP contribution < -0.4 is 15.6 Å². The lowest BCUT2D eigenvalue weighted by Crippen LogP contribution is -2.69. The van der Waals surface area contributed by atoms with E-state index in [1.165, 1.54) is 43.4 Å². The second kappa shape index (κ2) is 7.65. The highest BCUT2D eigenvalue weighted by Crippen LogP contribution is 2.32. The third-order valence-corrected chi connectivity index (χ3v) is 11.2. The van der Waals surface area contributed by atoms with Crippen molar-refractivity contribution in [1.82, 2.24) is 0 Å². The Bertz CT molecular complexity index is 1020. The van der Waals surface area contributed by atoms with E-state index in [1.54, 1.807) is 5.20 Å². The van der Waals surface area contributed by atoms with Crippen LogP contribution in [0, 0.1) is 20.8 Å². The number of benzene rings is 3. The predicted molar refractivity (Wildman–Crippen MR) is 129 cm³/mol. The molecule has 4 rings (SSSR count). The summed E-state index contributed by atoms with van der Waals surface area (Å²) in [7, 11) is -2.36. The van der Waals surface area contributed by atoms with Crippen molar-refractivity contribution in [3.05, 3.63) is 112 Å². The molecule has 1 aliphatic rings. The van der Waals surface area contributed by atoms with Crippen LogP contribution in [0.1, 0.15) is 37.0 Å². The maximum absolute atomic E-state index is 2.44. The molecule has 0 bridgehead atoms. The van der Waals surface area contributed by atoms with Crippen LogP contribution in [0.2, 0.25) is 0 Å². The zero-order chi connectivity index (χ0) is 20.6. The molecule has 0 amide bonds. The second-order valence-electron chi connectivity index (χ2n) is 8.69. The second-order valence-corrected chi connectivity index (χ2v) is 12.5. The maximum atomic E-state index is 2.44. The first-order chi connectivity index (χ1) is 13.9. The van der Waals surface area contributed by atoms with E-state index >= 15 is 0 Å². The summed E-state index contributed by atoms with van der Waals surface area (Å²) in [6.45, 7) is 11.2. The van der Waals surface area contributed by atoms with Crippen molar-refractivity contribution < 1.29 is 0 Å². The van der Waals surface area contributed by atoms with E-state index in [1.807, 2.05) is 0 Å². The summed E-state index contributed by atoms with van der Waals surface area (Å²) in [5, 5.41) is 6.11. The molecule has 0 N–H and O–H groups in total. The van der Waals surface area contributed by atoms with Gasteiger partial charge in [-0.15, -0.1) is 0 Å². The van der Waals surface area contributed by atoms with Gasteiger partial charge in [0.25, 0.3) is 0 Å². The highest BCUT2D eigenvalue weighted by Gasteiger charge is 2.44. The fraction of sp³-hybridized carbons (Fsp3) is 0.214. The van der Waals surface area contributed by atoms with E-state index in [9.17, 15) is 0 Å². The van der Waals surface area contributed by atoms with Crippen LogP contribution in [0.25, 0.3) is 0 Å². The van der Waals surface area contributed by atoms with Crippen molar-refractivity contribution >= 4 is 23.6 Å². The number of hydrogen-bond donors (Lipinski definition) is 0. The molecule has 0 spiro atoms. The van der Waals surface area contributed by atoms with E-state index in [0.717, 1.165) is 6.42 Å². The van der Waals surface area contributed by atoms with Gasteiger partial charge in [0.15, 0.2) is 8.07 Å². The Morgan fingerprint density at radius 3 is 1.31 bits per heavy atom. The van der Waals surface area contributed by atoms with Gasteiger partial charge in [0.1, 0.15) is 0 Å². The van der Waals surface area contributed by atoms with Gasteiger partial charge in [-0.2, -0.15) is 0 Å². The van der Waals surface area contributed by atoms with Crippen molar-refractivity contribution in [2.45, 2.75) is 41.0 Å². The summed E-state index contributed by atoms with van der Waals surface area (Å²) in [6, 6.07) is 27.8. The van der Waals surface area contributed by atoms with E-state index < -0.39 is 8.07 Å². The molecule has 29 heavy (non-hydrogen) atoms. The summed E-state index contributed by atoms with van der Waals surface area (Å²) < 4.78 is 0. The molecule has 0 aliphatic heterocycles. The Balaban J connectivity index is 2.15. The molecule has 3 aromatic carbocycles. The molecule has 3 aromatic rings. The lowest BCUT2D eigenvalue weighted by atomic mass is 10.2. The van der Waals surface area contributed by atoms with Crippen molar-refractivity contribution in [2.75, 3.05) is 0 Å². The molecule has 0 atom stereocenters. The topological polar surface area (TPSA) is 0 Å². The fourth-order valence-corrected chi connectivity index (χ4v) is 10.6. The van der Waals surface area contributed by atoms with Crippen LogP contribution in [0.5, 0.6) is 0 Å². The first kappa shape index (κ1) is 19.7. The molecular weight excluding hydrogens is 364 g/mol. The number of rotatable bonds is 4. The van der Waals surface area contributed by atoms with Crippen molar-refractivity contribution in [3.63, 3.8) is 0 Å². The molecule has 1 aliphatic carbocycles. The highest BCUT2D eigenvalue weighted by molar-refractivity contribution is 7.16. The van der Waals surface area contributed by atoms with Crippen LogP contribution >= 0.6 is 0 Å².